The number of unbranched alkanes of at least 4 members (excludes halogenated alkanes) is 25. The third-order valence-electron chi connectivity index (χ3n) is 10.7. The molecule has 0 aliphatic heterocycles. The zero-order valence-electron chi connectivity index (χ0n) is 38.3. The molecule has 1 unspecified atom stereocenters. The van der Waals surface area contributed by atoms with Gasteiger partial charge in [0.2, 0.25) is 0 Å². The molecule has 0 aromatic carbocycles. The monoisotopic (exact) mass is 870 g/mol. The van der Waals surface area contributed by atoms with Gasteiger partial charge in [-0.1, -0.05) is 174 Å². The van der Waals surface area contributed by atoms with Crippen LogP contribution in [0, 0.1) is 5.92 Å². The van der Waals surface area contributed by atoms with Crippen LogP contribution < -0.4 is 17.2 Å². The summed E-state index contributed by atoms with van der Waals surface area (Å²) < 4.78 is 9.78. The van der Waals surface area contributed by atoms with Gasteiger partial charge in [-0.3, -0.25) is 33.6 Å². The van der Waals surface area contributed by atoms with Gasteiger partial charge in [-0.05, 0) is 38.6 Å². The summed E-state index contributed by atoms with van der Waals surface area (Å²) >= 11 is 0. The predicted molar refractivity (Wildman–Crippen MR) is 239 cm³/mol. The lowest BCUT2D eigenvalue weighted by molar-refractivity contribution is -0.169. The van der Waals surface area contributed by atoms with Crippen molar-refractivity contribution < 1.29 is 53.2 Å². The van der Waals surface area contributed by atoms with Crippen LogP contribution in [0.15, 0.2) is 0 Å². The summed E-state index contributed by atoms with van der Waals surface area (Å²) in [5.41, 5.74) is 16.3. The maximum absolute atomic E-state index is 13.0. The SMILES string of the molecule is CCCCCCCCCCCCCCCC(=O)OC(=O)CC(C(=O)OC(=O)CCCCCCCCCCCCCCC)C(=O)[C@@H](N)CCC(=O)O.NCCCC[C@H](N)C(=O)O. The standard InChI is InChI=1S/C41H73NO9.C6H14N2O2/c1-3-5-7-9-11-13-15-17-19-21-23-25-27-29-37(45)50-39(47)33-34(40(48)35(42)31-32-36(43)44)41(49)51-38(46)30-28-26-24-22-20-18-16-14-12-10-8-6-4-2;7-4-2-1-3-5(8)6(9)10/h34-35H,3-33,42H2,1-2H3,(H,43,44);5H,1-4,7-8H2,(H,9,10)/t34?,35-;5-/m00/s1. The molecule has 0 fully saturated rings. The third kappa shape index (κ3) is 40.6. The molecule has 0 amide bonds. The van der Waals surface area contributed by atoms with E-state index < -0.39 is 72.4 Å². The van der Waals surface area contributed by atoms with Crippen LogP contribution in [0.1, 0.15) is 232 Å². The Morgan fingerprint density at radius 1 is 0.443 bits per heavy atom. The van der Waals surface area contributed by atoms with Crippen LogP contribution in [0.2, 0.25) is 0 Å². The van der Waals surface area contributed by atoms with Crippen LogP contribution in [0.25, 0.3) is 0 Å². The summed E-state index contributed by atoms with van der Waals surface area (Å²) in [5.74, 6) is -8.73. The Bertz CT molecular complexity index is 1170. The second kappa shape index (κ2) is 43.4. The van der Waals surface area contributed by atoms with E-state index in [1.54, 1.807) is 0 Å². The number of rotatable bonds is 41. The van der Waals surface area contributed by atoms with Crippen LogP contribution in [0.4, 0.5) is 0 Å². The van der Waals surface area contributed by atoms with Crippen molar-refractivity contribution in [2.75, 3.05) is 6.54 Å². The van der Waals surface area contributed by atoms with E-state index in [9.17, 15) is 33.6 Å². The molecular weight excluding hydrogens is 783 g/mol. The molecule has 0 saturated heterocycles. The largest absolute Gasteiger partial charge is 0.481 e. The van der Waals surface area contributed by atoms with Crippen LogP contribution in [-0.2, 0) is 43.0 Å². The first-order valence-electron chi connectivity index (χ1n) is 24.0. The number of carboxylic acid groups (broad SMARTS) is 2. The zero-order chi connectivity index (χ0) is 45.9. The molecule has 0 aliphatic rings. The number of ether oxygens (including phenoxy) is 2. The molecule has 0 aromatic rings. The minimum Gasteiger partial charge on any atom is -0.481 e. The summed E-state index contributed by atoms with van der Waals surface area (Å²) in [6, 6.07) is -2.09. The molecule has 0 saturated carbocycles. The molecule has 0 bridgehead atoms. The zero-order valence-corrected chi connectivity index (χ0v) is 38.3. The first-order chi connectivity index (χ1) is 29.3. The summed E-state index contributed by atoms with van der Waals surface area (Å²) in [6.45, 7) is 5.05. The van der Waals surface area contributed by atoms with Crippen molar-refractivity contribution in [2.24, 2.45) is 23.1 Å². The van der Waals surface area contributed by atoms with Gasteiger partial charge < -0.3 is 36.9 Å². The number of carbonyl (C=O) groups excluding carboxylic acids is 5. The highest BCUT2D eigenvalue weighted by Crippen LogP contribution is 2.18. The first-order valence-corrected chi connectivity index (χ1v) is 24.0. The summed E-state index contributed by atoms with van der Waals surface area (Å²) in [4.78, 5) is 84.2. The lowest BCUT2D eigenvalue weighted by Crippen LogP contribution is -2.41. The van der Waals surface area contributed by atoms with E-state index in [2.05, 4.69) is 13.8 Å². The molecule has 14 heteroatoms. The van der Waals surface area contributed by atoms with Crippen LogP contribution in [-0.4, -0.2) is 70.4 Å². The van der Waals surface area contributed by atoms with E-state index in [1.807, 2.05) is 0 Å². The van der Waals surface area contributed by atoms with E-state index in [4.69, 9.17) is 36.9 Å². The number of ketones is 1. The van der Waals surface area contributed by atoms with Crippen molar-refractivity contribution in [1.29, 1.82) is 0 Å². The van der Waals surface area contributed by atoms with Crippen molar-refractivity contribution >= 4 is 41.6 Å². The molecule has 61 heavy (non-hydrogen) atoms. The number of hydrogen-bond donors (Lipinski definition) is 5. The average Bonchev–Trinajstić information content (AvgIpc) is 3.22. The van der Waals surface area contributed by atoms with E-state index >= 15 is 0 Å². The lowest BCUT2D eigenvalue weighted by atomic mass is 9.93. The number of Topliss-reactive ketones (excluding diaryl/α,β-unsaturated/α-hetero) is 1. The Hall–Kier alpha value is -3.23. The fraction of sp³-hybridized carbons (Fsp3) is 0.851. The maximum Gasteiger partial charge on any atom is 0.324 e. The molecule has 14 nitrogen and oxygen atoms in total. The lowest BCUT2D eigenvalue weighted by Gasteiger charge is -2.17. The van der Waals surface area contributed by atoms with Gasteiger partial charge in [-0.25, -0.2) is 0 Å². The summed E-state index contributed by atoms with van der Waals surface area (Å²) in [7, 11) is 0. The first kappa shape index (κ1) is 59.9. The van der Waals surface area contributed by atoms with Gasteiger partial charge >= 0.3 is 35.8 Å². The van der Waals surface area contributed by atoms with Gasteiger partial charge in [0.15, 0.2) is 5.78 Å². The van der Waals surface area contributed by atoms with Crippen molar-refractivity contribution in [3.8, 4) is 0 Å². The molecular formula is C47H87N3O11. The van der Waals surface area contributed by atoms with Gasteiger partial charge in [0.25, 0.3) is 0 Å². The highest BCUT2D eigenvalue weighted by molar-refractivity contribution is 6.06. The van der Waals surface area contributed by atoms with Gasteiger partial charge in [0.05, 0.1) is 12.5 Å². The molecule has 356 valence electrons. The van der Waals surface area contributed by atoms with Crippen molar-refractivity contribution in [1.82, 2.24) is 0 Å². The molecule has 0 spiro atoms. The topological polar surface area (TPSA) is 256 Å². The van der Waals surface area contributed by atoms with Gasteiger partial charge in [-0.15, -0.1) is 0 Å². The predicted octanol–water partition coefficient (Wildman–Crippen LogP) is 9.38. The number of carboxylic acids is 2. The number of carbonyl (C=O) groups is 7. The Morgan fingerprint density at radius 2 is 0.820 bits per heavy atom. The third-order valence-corrected chi connectivity index (χ3v) is 10.7. The number of hydrogen-bond acceptors (Lipinski definition) is 12. The van der Waals surface area contributed by atoms with E-state index in [-0.39, 0.29) is 19.3 Å². The Morgan fingerprint density at radius 3 is 1.18 bits per heavy atom. The number of esters is 4. The average molecular weight is 870 g/mol. The normalized spacial score (nSPS) is 12.4. The number of nitrogens with two attached hydrogens (primary N) is 3. The molecule has 0 rings (SSSR count). The molecule has 8 N–H and O–H groups in total. The second-order valence-corrected chi connectivity index (χ2v) is 16.6. The van der Waals surface area contributed by atoms with Crippen molar-refractivity contribution in [3.63, 3.8) is 0 Å². The minimum atomic E-state index is -1.78. The molecule has 0 heterocycles. The Balaban J connectivity index is 0. The van der Waals surface area contributed by atoms with Crippen LogP contribution >= 0.6 is 0 Å². The summed E-state index contributed by atoms with van der Waals surface area (Å²) in [5, 5.41) is 17.3. The quantitative estimate of drug-likeness (QED) is 0.0218. The smallest absolute Gasteiger partial charge is 0.324 e. The highest BCUT2D eigenvalue weighted by atomic mass is 16.6. The van der Waals surface area contributed by atoms with E-state index in [0.29, 0.717) is 25.8 Å². The molecule has 3 atom stereocenters. The molecule has 0 aromatic heterocycles. The molecule has 0 radical (unpaired) electrons. The maximum atomic E-state index is 13.0. The fourth-order valence-electron chi connectivity index (χ4n) is 6.81. The molecule has 0 aliphatic carbocycles. The number of aliphatic carboxylic acids is 2. The van der Waals surface area contributed by atoms with Crippen LogP contribution in [0.5, 0.6) is 0 Å². The van der Waals surface area contributed by atoms with Crippen molar-refractivity contribution in [3.05, 3.63) is 0 Å². The Kier molecular flexibility index (Phi) is 42.6. The van der Waals surface area contributed by atoms with Crippen molar-refractivity contribution in [2.45, 2.75) is 244 Å². The van der Waals surface area contributed by atoms with E-state index in [1.165, 1.54) is 109 Å². The van der Waals surface area contributed by atoms with Crippen LogP contribution in [0.3, 0.4) is 0 Å². The van der Waals surface area contributed by atoms with Gasteiger partial charge in [0, 0.05) is 19.3 Å². The van der Waals surface area contributed by atoms with Gasteiger partial charge in [0.1, 0.15) is 12.0 Å². The highest BCUT2D eigenvalue weighted by Gasteiger charge is 2.36. The minimum absolute atomic E-state index is 0.0163. The Labute approximate surface area is 367 Å². The second-order valence-electron chi connectivity index (χ2n) is 16.6. The van der Waals surface area contributed by atoms with Gasteiger partial charge in [-0.2, -0.15) is 0 Å². The van der Waals surface area contributed by atoms with E-state index in [0.717, 1.165) is 57.8 Å². The summed E-state index contributed by atoms with van der Waals surface area (Å²) in [6.07, 6.45) is 30.4. The fourth-order valence-corrected chi connectivity index (χ4v) is 6.81.